The molecule has 5 rings (SSSR count). The number of likely N-dealkylation sites (tertiary alicyclic amines) is 1. The second-order valence-corrected chi connectivity index (χ2v) is 9.51. The standard InChI is InChI=1S/C21H22FN5O3S/c22-18-10-17(31(23,28)29)6-7-19(18)27-21(8-14-4-2-1-3-5-14)24-20(25-27)12-26-11-16-9-15(26)13-30-16/h1-7,10,15-16H,8-9,11-13H2,(H2,23,28,29). The van der Waals surface area contributed by atoms with Crippen LogP contribution in [0.5, 0.6) is 0 Å². The van der Waals surface area contributed by atoms with Gasteiger partial charge in [-0.25, -0.2) is 27.6 Å². The van der Waals surface area contributed by atoms with Gasteiger partial charge in [0, 0.05) is 19.0 Å². The number of hydrogen-bond donors (Lipinski definition) is 1. The fraction of sp³-hybridized carbons (Fsp3) is 0.333. The maximum Gasteiger partial charge on any atom is 0.238 e. The zero-order valence-corrected chi connectivity index (χ0v) is 17.5. The van der Waals surface area contributed by atoms with Crippen LogP contribution >= 0.6 is 0 Å². The highest BCUT2D eigenvalue weighted by Gasteiger charge is 2.39. The number of hydrogen-bond acceptors (Lipinski definition) is 6. The zero-order chi connectivity index (χ0) is 21.6. The third kappa shape index (κ3) is 4.11. The number of ether oxygens (including phenoxy) is 1. The lowest BCUT2D eigenvalue weighted by atomic mass is 10.1. The summed E-state index contributed by atoms with van der Waals surface area (Å²) >= 11 is 0. The molecule has 0 radical (unpaired) electrons. The molecule has 0 saturated carbocycles. The molecular formula is C21H22FN5O3S. The summed E-state index contributed by atoms with van der Waals surface area (Å²) in [6.07, 6.45) is 1.74. The van der Waals surface area contributed by atoms with Gasteiger partial charge >= 0.3 is 0 Å². The quantitative estimate of drug-likeness (QED) is 0.621. The number of halogens is 1. The van der Waals surface area contributed by atoms with Gasteiger partial charge in [0.1, 0.15) is 17.3 Å². The van der Waals surface area contributed by atoms with Crippen LogP contribution in [0.15, 0.2) is 53.4 Å². The minimum Gasteiger partial charge on any atom is -0.375 e. The molecule has 2 aliphatic rings. The lowest BCUT2D eigenvalue weighted by Gasteiger charge is -2.25. The molecule has 0 spiro atoms. The molecule has 1 aromatic heterocycles. The van der Waals surface area contributed by atoms with Crippen molar-refractivity contribution in [1.29, 1.82) is 0 Å². The van der Waals surface area contributed by atoms with Crippen molar-refractivity contribution in [2.24, 2.45) is 5.14 Å². The van der Waals surface area contributed by atoms with E-state index >= 15 is 0 Å². The van der Waals surface area contributed by atoms with E-state index in [0.717, 1.165) is 24.6 Å². The summed E-state index contributed by atoms with van der Waals surface area (Å²) < 4.78 is 45.1. The predicted octanol–water partition coefficient (Wildman–Crippen LogP) is 1.62. The van der Waals surface area contributed by atoms with E-state index in [0.29, 0.717) is 37.3 Å². The van der Waals surface area contributed by atoms with Gasteiger partial charge in [-0.15, -0.1) is 5.10 Å². The maximum absolute atomic E-state index is 14.9. The molecule has 2 bridgehead atoms. The molecule has 2 atom stereocenters. The lowest BCUT2D eigenvalue weighted by molar-refractivity contribution is 0.0263. The topological polar surface area (TPSA) is 103 Å². The van der Waals surface area contributed by atoms with E-state index in [4.69, 9.17) is 14.9 Å². The van der Waals surface area contributed by atoms with Gasteiger partial charge < -0.3 is 4.74 Å². The Morgan fingerprint density at radius 1 is 1.19 bits per heavy atom. The smallest absolute Gasteiger partial charge is 0.238 e. The second kappa shape index (κ2) is 7.79. The van der Waals surface area contributed by atoms with Crippen LogP contribution in [0.3, 0.4) is 0 Å². The summed E-state index contributed by atoms with van der Waals surface area (Å²) in [6.45, 7) is 2.10. The van der Waals surface area contributed by atoms with Crippen molar-refractivity contribution in [2.45, 2.75) is 36.4 Å². The van der Waals surface area contributed by atoms with Crippen molar-refractivity contribution in [3.8, 4) is 5.69 Å². The Hall–Kier alpha value is -2.66. The molecule has 3 heterocycles. The summed E-state index contributed by atoms with van der Waals surface area (Å²) in [5, 5.41) is 9.71. The Balaban J connectivity index is 1.50. The minimum atomic E-state index is -4.00. The Labute approximate surface area is 179 Å². The number of aromatic nitrogens is 3. The normalized spacial score (nSPS) is 21.1. The second-order valence-electron chi connectivity index (χ2n) is 7.95. The molecule has 31 heavy (non-hydrogen) atoms. The van der Waals surface area contributed by atoms with E-state index in [2.05, 4.69) is 10.00 Å². The third-order valence-corrected chi connectivity index (χ3v) is 6.67. The van der Waals surface area contributed by atoms with Crippen LogP contribution in [0.4, 0.5) is 4.39 Å². The molecule has 162 valence electrons. The van der Waals surface area contributed by atoms with Gasteiger partial charge in [0.2, 0.25) is 10.0 Å². The Bertz CT molecular complexity index is 1220. The molecule has 2 N–H and O–H groups in total. The SMILES string of the molecule is NS(=O)(=O)c1ccc(-n2nc(CN3CC4CC3CO4)nc2Cc2ccccc2)c(F)c1. The van der Waals surface area contributed by atoms with E-state index in [1.807, 2.05) is 30.3 Å². The van der Waals surface area contributed by atoms with Gasteiger partial charge in [-0.2, -0.15) is 0 Å². The summed E-state index contributed by atoms with van der Waals surface area (Å²) in [4.78, 5) is 6.71. The number of nitrogens with zero attached hydrogens (tertiary/aromatic N) is 4. The monoisotopic (exact) mass is 443 g/mol. The third-order valence-electron chi connectivity index (χ3n) is 5.76. The highest BCUT2D eigenvalue weighted by atomic mass is 32.2. The first-order chi connectivity index (χ1) is 14.9. The lowest BCUT2D eigenvalue weighted by Crippen LogP contribution is -2.36. The van der Waals surface area contributed by atoms with Gasteiger partial charge in [0.15, 0.2) is 5.82 Å². The van der Waals surface area contributed by atoms with Crippen LogP contribution in [-0.2, 0) is 27.7 Å². The van der Waals surface area contributed by atoms with Crippen LogP contribution in [0.25, 0.3) is 5.69 Å². The van der Waals surface area contributed by atoms with Gasteiger partial charge in [-0.05, 0) is 30.2 Å². The van der Waals surface area contributed by atoms with E-state index < -0.39 is 15.8 Å². The Kier molecular flexibility index (Phi) is 5.09. The number of sulfonamides is 1. The minimum absolute atomic E-state index is 0.128. The van der Waals surface area contributed by atoms with Crippen molar-refractivity contribution in [3.05, 3.63) is 71.6 Å². The van der Waals surface area contributed by atoms with Crippen molar-refractivity contribution in [3.63, 3.8) is 0 Å². The maximum atomic E-state index is 14.9. The van der Waals surface area contributed by atoms with Crippen LogP contribution in [0, 0.1) is 5.82 Å². The molecule has 2 unspecified atom stereocenters. The van der Waals surface area contributed by atoms with Crippen LogP contribution in [0.2, 0.25) is 0 Å². The van der Waals surface area contributed by atoms with Crippen molar-refractivity contribution < 1.29 is 17.5 Å². The largest absolute Gasteiger partial charge is 0.375 e. The van der Waals surface area contributed by atoms with Crippen LogP contribution < -0.4 is 5.14 Å². The summed E-state index contributed by atoms with van der Waals surface area (Å²) in [5.41, 5.74) is 1.14. The first kappa shape index (κ1) is 20.3. The number of benzene rings is 2. The number of morpholine rings is 1. The molecule has 8 nitrogen and oxygen atoms in total. The molecule has 0 aliphatic carbocycles. The van der Waals surface area contributed by atoms with Gasteiger partial charge in [-0.1, -0.05) is 30.3 Å². The van der Waals surface area contributed by atoms with Gasteiger partial charge in [0.05, 0.1) is 24.2 Å². The average molecular weight is 444 g/mol. The number of fused-ring (bicyclic) bond motifs is 2. The van der Waals surface area contributed by atoms with Gasteiger partial charge in [-0.3, -0.25) is 4.90 Å². The summed E-state index contributed by atoms with van der Waals surface area (Å²) in [6, 6.07) is 13.6. The molecular weight excluding hydrogens is 421 g/mol. The number of nitrogens with two attached hydrogens (primary N) is 1. The fourth-order valence-corrected chi connectivity index (χ4v) is 4.76. The molecule has 10 heteroatoms. The van der Waals surface area contributed by atoms with E-state index in [-0.39, 0.29) is 16.7 Å². The molecule has 2 fully saturated rings. The number of primary sulfonamides is 1. The molecule has 2 aliphatic heterocycles. The highest BCUT2D eigenvalue weighted by Crippen LogP contribution is 2.29. The van der Waals surface area contributed by atoms with E-state index in [9.17, 15) is 12.8 Å². The average Bonchev–Trinajstić information content (AvgIpc) is 3.44. The molecule has 3 aromatic rings. The van der Waals surface area contributed by atoms with E-state index in [1.54, 1.807) is 0 Å². The van der Waals surface area contributed by atoms with E-state index in [1.165, 1.54) is 16.8 Å². The Morgan fingerprint density at radius 2 is 2.00 bits per heavy atom. The van der Waals surface area contributed by atoms with Crippen LogP contribution in [-0.4, -0.2) is 53.4 Å². The number of rotatable bonds is 6. The van der Waals surface area contributed by atoms with Gasteiger partial charge in [0.25, 0.3) is 0 Å². The fourth-order valence-electron chi connectivity index (χ4n) is 4.24. The molecule has 2 aromatic carbocycles. The summed E-state index contributed by atoms with van der Waals surface area (Å²) in [5.74, 6) is 0.434. The van der Waals surface area contributed by atoms with Crippen LogP contribution in [0.1, 0.15) is 23.6 Å². The van der Waals surface area contributed by atoms with Crippen molar-refractivity contribution in [2.75, 3.05) is 13.2 Å². The highest BCUT2D eigenvalue weighted by molar-refractivity contribution is 7.89. The van der Waals surface area contributed by atoms with Crippen molar-refractivity contribution in [1.82, 2.24) is 19.7 Å². The first-order valence-corrected chi connectivity index (χ1v) is 11.6. The zero-order valence-electron chi connectivity index (χ0n) is 16.7. The van der Waals surface area contributed by atoms with Crippen molar-refractivity contribution >= 4 is 10.0 Å². The Morgan fingerprint density at radius 3 is 2.65 bits per heavy atom. The first-order valence-electron chi connectivity index (χ1n) is 10.0. The summed E-state index contributed by atoms with van der Waals surface area (Å²) in [7, 11) is -4.00. The predicted molar refractivity (Wildman–Crippen MR) is 110 cm³/mol. The molecule has 2 saturated heterocycles. The molecule has 0 amide bonds.